The molecule has 4 rings (SSSR count). The second-order valence-corrected chi connectivity index (χ2v) is 7.45. The number of aromatic amines is 1. The number of esters is 1. The van der Waals surface area contributed by atoms with Gasteiger partial charge in [-0.3, -0.25) is 24.5 Å². The molecule has 2 heterocycles. The Bertz CT molecular complexity index is 1140. The van der Waals surface area contributed by atoms with Crippen LogP contribution in [-0.2, 0) is 27.2 Å². The van der Waals surface area contributed by atoms with Crippen molar-refractivity contribution in [3.05, 3.63) is 56.4 Å². The van der Waals surface area contributed by atoms with Crippen LogP contribution in [0.1, 0.15) is 59.1 Å². The number of ketones is 1. The van der Waals surface area contributed by atoms with E-state index >= 15 is 0 Å². The first-order valence-electron chi connectivity index (χ1n) is 10.1. The topological polar surface area (TPSA) is 131 Å². The Labute approximate surface area is 177 Å². The molecule has 9 nitrogen and oxygen atoms in total. The summed E-state index contributed by atoms with van der Waals surface area (Å²) in [4.78, 5) is 51.0. The number of anilines is 1. The molecule has 9 heteroatoms. The summed E-state index contributed by atoms with van der Waals surface area (Å²) in [7, 11) is 0. The van der Waals surface area contributed by atoms with Crippen molar-refractivity contribution >= 4 is 40.7 Å². The third-order valence-electron chi connectivity index (χ3n) is 5.49. The first kappa shape index (κ1) is 20.5. The Balaban J connectivity index is 1.78. The highest BCUT2D eigenvalue weighted by atomic mass is 16.6. The number of Topliss-reactive ketones (excluding diaryl/α,β-unsaturated/α-hetero) is 1. The smallest absolute Gasteiger partial charge is 0.306 e. The van der Waals surface area contributed by atoms with E-state index in [0.717, 1.165) is 12.1 Å². The van der Waals surface area contributed by atoms with Gasteiger partial charge in [0.05, 0.1) is 17.1 Å². The molecule has 2 aliphatic rings. The summed E-state index contributed by atoms with van der Waals surface area (Å²) in [5, 5.41) is 13.9. The number of nitrogens with zero attached hydrogens (tertiary/aromatic N) is 1. The lowest BCUT2D eigenvalue weighted by molar-refractivity contribution is -0.384. The fraction of sp³-hybridized carbons (Fsp3) is 0.318. The highest BCUT2D eigenvalue weighted by molar-refractivity contribution is 6.35. The second kappa shape index (κ2) is 8.17. The lowest BCUT2D eigenvalue weighted by Gasteiger charge is -2.11. The zero-order valence-electron chi connectivity index (χ0n) is 16.9. The normalized spacial score (nSPS) is 16.1. The number of nitro benzene ring substituents is 1. The van der Waals surface area contributed by atoms with Crippen LogP contribution in [0.5, 0.6) is 0 Å². The van der Waals surface area contributed by atoms with Crippen molar-refractivity contribution < 1.29 is 24.0 Å². The first-order valence-corrected chi connectivity index (χ1v) is 10.1. The molecule has 1 aromatic heterocycles. The fourth-order valence-electron chi connectivity index (χ4n) is 4.11. The number of hydrogen-bond donors (Lipinski definition) is 2. The molecule has 0 saturated heterocycles. The predicted molar refractivity (Wildman–Crippen MR) is 113 cm³/mol. The number of H-pyrrole nitrogens is 1. The lowest BCUT2D eigenvalue weighted by Crippen LogP contribution is -2.12. The van der Waals surface area contributed by atoms with Gasteiger partial charge in [-0.15, -0.1) is 0 Å². The molecule has 0 unspecified atom stereocenters. The molecular formula is C22H21N3O6. The molecule has 1 aliphatic heterocycles. The van der Waals surface area contributed by atoms with Crippen molar-refractivity contribution in [3.63, 3.8) is 0 Å². The number of aromatic nitrogens is 1. The number of aryl methyl sites for hydroxylation is 1. The summed E-state index contributed by atoms with van der Waals surface area (Å²) in [6.45, 7) is 2.00. The number of nitrogens with one attached hydrogen (secondary N) is 2. The number of hydrogen-bond acceptors (Lipinski definition) is 6. The minimum absolute atomic E-state index is 0.00733. The van der Waals surface area contributed by atoms with E-state index in [1.807, 2.05) is 0 Å². The van der Waals surface area contributed by atoms with Crippen LogP contribution in [0.25, 0.3) is 11.6 Å². The van der Waals surface area contributed by atoms with Crippen molar-refractivity contribution in [1.82, 2.24) is 4.98 Å². The Morgan fingerprint density at radius 1 is 1.29 bits per heavy atom. The summed E-state index contributed by atoms with van der Waals surface area (Å²) in [5.74, 6) is -0.738. The third-order valence-corrected chi connectivity index (χ3v) is 5.49. The standard InChI is InChI=1S/C22H21N3O6/c1-2-31-20(27)9-7-13-18(23-17-4-3-5-19(26)21(13)17)11-15-14-10-12(25(29)30)6-8-16(14)24-22(15)28/h6,8,10-11,23H,2-5,7,9H2,1H3,(H,24,28)/b15-11-. The van der Waals surface area contributed by atoms with E-state index in [4.69, 9.17) is 4.74 Å². The molecule has 2 aromatic rings. The maximum Gasteiger partial charge on any atom is 0.306 e. The zero-order chi connectivity index (χ0) is 22.1. The van der Waals surface area contributed by atoms with Gasteiger partial charge in [-0.25, -0.2) is 0 Å². The van der Waals surface area contributed by atoms with Crippen molar-refractivity contribution in [2.75, 3.05) is 11.9 Å². The Morgan fingerprint density at radius 3 is 2.84 bits per heavy atom. The number of non-ortho nitro benzene ring substituents is 1. The van der Waals surface area contributed by atoms with E-state index in [-0.39, 0.29) is 41.9 Å². The Kier molecular flexibility index (Phi) is 5.41. The van der Waals surface area contributed by atoms with Crippen LogP contribution in [0.4, 0.5) is 11.4 Å². The number of amides is 1. The van der Waals surface area contributed by atoms with Crippen LogP contribution >= 0.6 is 0 Å². The predicted octanol–water partition coefficient (Wildman–Crippen LogP) is 3.43. The van der Waals surface area contributed by atoms with Crippen LogP contribution in [0, 0.1) is 10.1 Å². The Morgan fingerprint density at radius 2 is 2.10 bits per heavy atom. The molecule has 0 spiro atoms. The fourth-order valence-corrected chi connectivity index (χ4v) is 4.11. The highest BCUT2D eigenvalue weighted by Gasteiger charge is 2.29. The van der Waals surface area contributed by atoms with Crippen LogP contribution < -0.4 is 5.32 Å². The summed E-state index contributed by atoms with van der Waals surface area (Å²) in [6, 6.07) is 4.18. The molecule has 0 radical (unpaired) electrons. The first-order chi connectivity index (χ1) is 14.9. The van der Waals surface area contributed by atoms with Crippen molar-refractivity contribution in [2.24, 2.45) is 0 Å². The summed E-state index contributed by atoms with van der Waals surface area (Å²) in [6.07, 6.45) is 3.87. The van der Waals surface area contributed by atoms with E-state index in [0.29, 0.717) is 47.3 Å². The van der Waals surface area contributed by atoms with E-state index < -0.39 is 4.92 Å². The SMILES string of the molecule is CCOC(=O)CCc1c(/C=C2\C(=O)Nc3ccc([N+](=O)[O-])cc32)[nH]c2c1C(=O)CCC2. The maximum absolute atomic E-state index is 12.6. The molecule has 0 bridgehead atoms. The van der Waals surface area contributed by atoms with Gasteiger partial charge in [-0.2, -0.15) is 0 Å². The monoisotopic (exact) mass is 423 g/mol. The van der Waals surface area contributed by atoms with E-state index in [9.17, 15) is 24.5 Å². The minimum atomic E-state index is -0.516. The van der Waals surface area contributed by atoms with Gasteiger partial charge in [-0.05, 0) is 43.9 Å². The maximum atomic E-state index is 12.6. The van der Waals surface area contributed by atoms with Gasteiger partial charge in [0, 0.05) is 53.2 Å². The molecule has 160 valence electrons. The number of carbonyl (C=O) groups is 3. The van der Waals surface area contributed by atoms with Gasteiger partial charge in [0.2, 0.25) is 0 Å². The van der Waals surface area contributed by atoms with Crippen molar-refractivity contribution in [3.8, 4) is 0 Å². The van der Waals surface area contributed by atoms with Gasteiger partial charge in [0.1, 0.15) is 0 Å². The van der Waals surface area contributed by atoms with E-state index in [1.165, 1.54) is 18.2 Å². The average Bonchev–Trinajstić information content (AvgIpc) is 3.24. The Hall–Kier alpha value is -3.75. The number of rotatable bonds is 6. The van der Waals surface area contributed by atoms with Crippen LogP contribution in [0.2, 0.25) is 0 Å². The largest absolute Gasteiger partial charge is 0.466 e. The molecular weight excluding hydrogens is 402 g/mol. The number of ether oxygens (including phenoxy) is 1. The van der Waals surface area contributed by atoms with Gasteiger partial charge >= 0.3 is 5.97 Å². The van der Waals surface area contributed by atoms with E-state index in [1.54, 1.807) is 13.0 Å². The van der Waals surface area contributed by atoms with Gasteiger partial charge < -0.3 is 15.0 Å². The van der Waals surface area contributed by atoms with Crippen LogP contribution in [0.3, 0.4) is 0 Å². The van der Waals surface area contributed by atoms with Gasteiger partial charge in [0.25, 0.3) is 11.6 Å². The molecule has 0 saturated carbocycles. The van der Waals surface area contributed by atoms with Crippen LogP contribution in [0.15, 0.2) is 18.2 Å². The average molecular weight is 423 g/mol. The molecule has 0 atom stereocenters. The third kappa shape index (κ3) is 3.86. The highest BCUT2D eigenvalue weighted by Crippen LogP contribution is 2.37. The summed E-state index contributed by atoms with van der Waals surface area (Å²) >= 11 is 0. The lowest BCUT2D eigenvalue weighted by atomic mass is 9.91. The zero-order valence-corrected chi connectivity index (χ0v) is 16.9. The van der Waals surface area contributed by atoms with Crippen molar-refractivity contribution in [2.45, 2.75) is 39.0 Å². The summed E-state index contributed by atoms with van der Waals surface area (Å²) < 4.78 is 5.01. The second-order valence-electron chi connectivity index (χ2n) is 7.45. The van der Waals surface area contributed by atoms with Crippen LogP contribution in [-0.4, -0.2) is 34.2 Å². The van der Waals surface area contributed by atoms with Crippen molar-refractivity contribution in [1.29, 1.82) is 0 Å². The molecule has 2 N–H and O–H groups in total. The molecule has 1 aromatic carbocycles. The molecule has 0 fully saturated rings. The van der Waals surface area contributed by atoms with E-state index in [2.05, 4.69) is 10.3 Å². The minimum Gasteiger partial charge on any atom is -0.466 e. The van der Waals surface area contributed by atoms with Gasteiger partial charge in [-0.1, -0.05) is 0 Å². The molecule has 1 aliphatic carbocycles. The molecule has 1 amide bonds. The number of fused-ring (bicyclic) bond motifs is 2. The number of benzene rings is 1. The summed E-state index contributed by atoms with van der Waals surface area (Å²) in [5.41, 5.74) is 3.67. The number of nitro groups is 1. The van der Waals surface area contributed by atoms with Gasteiger partial charge in [0.15, 0.2) is 5.78 Å². The molecule has 31 heavy (non-hydrogen) atoms. The number of carbonyl (C=O) groups excluding carboxylic acids is 3. The quantitative estimate of drug-likeness (QED) is 0.317.